The second-order valence-electron chi connectivity index (χ2n) is 10.8. The van der Waals surface area contributed by atoms with E-state index in [1.54, 1.807) is 12.4 Å². The number of aliphatic hydroxyl groups excluding tert-OH is 2. The zero-order valence-corrected chi connectivity index (χ0v) is 26.5. The van der Waals surface area contributed by atoms with Crippen molar-refractivity contribution in [2.75, 3.05) is 25.5 Å². The van der Waals surface area contributed by atoms with Crippen molar-refractivity contribution < 1.29 is 10.2 Å². The molecule has 0 aliphatic heterocycles. The fourth-order valence-electron chi connectivity index (χ4n) is 5.67. The molecule has 4 N–H and O–H groups in total. The Kier molecular flexibility index (Phi) is 11.8. The van der Waals surface area contributed by atoms with Crippen LogP contribution in [0.4, 0.5) is 5.82 Å². The van der Waals surface area contributed by atoms with Gasteiger partial charge in [0, 0.05) is 31.1 Å². The van der Waals surface area contributed by atoms with Crippen molar-refractivity contribution in [3.8, 4) is 0 Å². The lowest BCUT2D eigenvalue weighted by molar-refractivity contribution is 0.00167. The maximum Gasteiger partial charge on any atom is 0.145 e. The van der Waals surface area contributed by atoms with Crippen molar-refractivity contribution in [3.05, 3.63) is 46.6 Å². The molecule has 2 fully saturated rings. The fourth-order valence-corrected chi connectivity index (χ4v) is 5.99. The van der Waals surface area contributed by atoms with Gasteiger partial charge in [-0.2, -0.15) is 0 Å². The number of imidazole rings is 1. The third-order valence-corrected chi connectivity index (χ3v) is 8.60. The molecule has 9 nitrogen and oxygen atoms in total. The lowest BCUT2D eigenvalue weighted by atomic mass is 10.0. The highest BCUT2D eigenvalue weighted by molar-refractivity contribution is 6.42. The highest BCUT2D eigenvalue weighted by Crippen LogP contribution is 2.38. The van der Waals surface area contributed by atoms with Gasteiger partial charge in [-0.3, -0.25) is 0 Å². The SMILES string of the molecule is CN(CCCCc1nc2cc(Cl)c(Cl)cc2[nH]1)C[C@H]1C[C@@H](n2ccc3c(NC4CC4)ncnc32)[C@H](O)[C@@H]1O.Cl.Cl.Cl. The van der Waals surface area contributed by atoms with Crippen molar-refractivity contribution in [1.82, 2.24) is 29.4 Å². The number of hydrogen-bond donors (Lipinski definition) is 4. The molecule has 2 saturated carbocycles. The molecular weight excluding hydrogens is 632 g/mol. The average molecular weight is 668 g/mol. The summed E-state index contributed by atoms with van der Waals surface area (Å²) in [6.07, 6.45) is 7.76. The summed E-state index contributed by atoms with van der Waals surface area (Å²) in [6.45, 7) is 1.62. The van der Waals surface area contributed by atoms with Crippen molar-refractivity contribution in [3.63, 3.8) is 0 Å². The molecule has 3 aromatic heterocycles. The second kappa shape index (κ2) is 14.3. The average Bonchev–Trinajstić information content (AvgIpc) is 3.36. The Morgan fingerprint density at radius 3 is 2.59 bits per heavy atom. The monoisotopic (exact) mass is 665 g/mol. The maximum atomic E-state index is 11.0. The Bertz CT molecular complexity index is 1410. The Balaban J connectivity index is 0.00000154. The lowest BCUT2D eigenvalue weighted by Crippen LogP contribution is -2.35. The number of aliphatic hydroxyl groups is 2. The zero-order chi connectivity index (χ0) is 26.4. The number of halogens is 5. The van der Waals surface area contributed by atoms with Crippen LogP contribution in [0.2, 0.25) is 10.0 Å². The van der Waals surface area contributed by atoms with Crippen LogP contribution in [-0.2, 0) is 6.42 Å². The molecule has 2 aliphatic carbocycles. The minimum Gasteiger partial charge on any atom is -0.390 e. The molecule has 3 heterocycles. The van der Waals surface area contributed by atoms with E-state index in [9.17, 15) is 10.2 Å². The van der Waals surface area contributed by atoms with E-state index in [2.05, 4.69) is 37.2 Å². The molecule has 0 spiro atoms. The van der Waals surface area contributed by atoms with Crippen molar-refractivity contribution in [2.24, 2.45) is 5.92 Å². The Labute approximate surface area is 267 Å². The predicted molar refractivity (Wildman–Crippen MR) is 172 cm³/mol. The predicted octanol–water partition coefficient (Wildman–Crippen LogP) is 5.69. The number of rotatable bonds is 10. The number of fused-ring (bicyclic) bond motifs is 2. The van der Waals surface area contributed by atoms with Gasteiger partial charge in [0.15, 0.2) is 0 Å². The first kappa shape index (κ1) is 33.9. The standard InChI is InChI=1S/C27H33Cl2N7O2.3ClH/c1-35(8-3-2-4-23-33-20-11-18(28)19(29)12-21(20)34-23)13-15-10-22(25(38)24(15)37)36-9-7-17-26(32-16-5-6-16)30-14-31-27(17)36;;;/h7,9,11-12,14-16,22,24-25,37-38H,2-6,8,10,13H2,1H3,(H,33,34)(H,30,31,32);3*1H/t15-,22-,24-,25+;;;/m1.../s1. The van der Waals surface area contributed by atoms with Gasteiger partial charge in [-0.25, -0.2) is 15.0 Å². The number of hydrogen-bond acceptors (Lipinski definition) is 7. The molecule has 1 aromatic carbocycles. The first-order valence-corrected chi connectivity index (χ1v) is 14.1. The highest BCUT2D eigenvalue weighted by Gasteiger charge is 2.43. The molecule has 41 heavy (non-hydrogen) atoms. The maximum absolute atomic E-state index is 11.0. The number of nitrogens with one attached hydrogen (secondary N) is 2. The van der Waals surface area contributed by atoms with Crippen LogP contribution in [0.15, 0.2) is 30.7 Å². The molecule has 0 bridgehead atoms. The van der Waals surface area contributed by atoms with Crippen LogP contribution in [0.1, 0.15) is 44.0 Å². The quantitative estimate of drug-likeness (QED) is 0.161. The normalized spacial score (nSPS) is 22.0. The largest absolute Gasteiger partial charge is 0.390 e. The summed E-state index contributed by atoms with van der Waals surface area (Å²) in [5.74, 6) is 1.75. The third-order valence-electron chi connectivity index (χ3n) is 7.88. The van der Waals surface area contributed by atoms with Crippen LogP contribution in [-0.4, -0.2) is 78.0 Å². The van der Waals surface area contributed by atoms with Gasteiger partial charge in [-0.05, 0) is 63.9 Å². The first-order chi connectivity index (χ1) is 18.4. The highest BCUT2D eigenvalue weighted by atomic mass is 35.5. The Morgan fingerprint density at radius 2 is 1.83 bits per heavy atom. The number of aryl methyl sites for hydroxylation is 1. The number of unbranched alkanes of at least 4 members (excludes halogenated alkanes) is 1. The van der Waals surface area contributed by atoms with E-state index in [0.29, 0.717) is 22.5 Å². The molecule has 4 aromatic rings. The van der Waals surface area contributed by atoms with Gasteiger partial charge < -0.3 is 30.0 Å². The number of nitrogens with zero attached hydrogens (tertiary/aromatic N) is 5. The van der Waals surface area contributed by atoms with E-state index in [1.807, 2.05) is 22.9 Å². The van der Waals surface area contributed by atoms with Crippen LogP contribution in [0.25, 0.3) is 22.1 Å². The van der Waals surface area contributed by atoms with E-state index in [0.717, 1.165) is 66.1 Å². The summed E-state index contributed by atoms with van der Waals surface area (Å²) in [5, 5.41) is 27.3. The number of aromatic nitrogens is 5. The Morgan fingerprint density at radius 1 is 1.07 bits per heavy atom. The summed E-state index contributed by atoms with van der Waals surface area (Å²) >= 11 is 12.2. The molecule has 0 unspecified atom stereocenters. The van der Waals surface area contributed by atoms with Gasteiger partial charge in [-0.1, -0.05) is 23.2 Å². The number of H-pyrrole nitrogens is 1. The van der Waals surface area contributed by atoms with Crippen molar-refractivity contribution in [2.45, 2.75) is 62.8 Å². The smallest absolute Gasteiger partial charge is 0.145 e. The van der Waals surface area contributed by atoms with Crippen LogP contribution >= 0.6 is 60.4 Å². The number of aromatic amines is 1. The number of benzene rings is 1. The zero-order valence-electron chi connectivity index (χ0n) is 22.5. The summed E-state index contributed by atoms with van der Waals surface area (Å²) in [4.78, 5) is 19.1. The van der Waals surface area contributed by atoms with Gasteiger partial charge >= 0.3 is 0 Å². The number of anilines is 1. The topological polar surface area (TPSA) is 115 Å². The second-order valence-corrected chi connectivity index (χ2v) is 11.6. The summed E-state index contributed by atoms with van der Waals surface area (Å²) < 4.78 is 2.01. The van der Waals surface area contributed by atoms with Crippen molar-refractivity contribution >= 4 is 88.3 Å². The van der Waals surface area contributed by atoms with E-state index in [1.165, 1.54) is 12.8 Å². The first-order valence-electron chi connectivity index (χ1n) is 13.3. The molecule has 0 amide bonds. The van der Waals surface area contributed by atoms with E-state index in [-0.39, 0.29) is 49.2 Å². The summed E-state index contributed by atoms with van der Waals surface area (Å²) in [6, 6.07) is 5.87. The van der Waals surface area contributed by atoms with E-state index < -0.39 is 12.2 Å². The molecule has 2 aliphatic rings. The minimum atomic E-state index is -0.839. The Hall–Kier alpha value is -1.56. The minimum absolute atomic E-state index is 0. The van der Waals surface area contributed by atoms with Gasteiger partial charge in [0.05, 0.1) is 38.6 Å². The molecule has 226 valence electrons. The molecule has 0 saturated heterocycles. The van der Waals surface area contributed by atoms with Crippen LogP contribution in [0.5, 0.6) is 0 Å². The van der Waals surface area contributed by atoms with E-state index >= 15 is 0 Å². The molecule has 0 radical (unpaired) electrons. The molecule has 14 heteroatoms. The summed E-state index contributed by atoms with van der Waals surface area (Å²) in [7, 11) is 2.08. The van der Waals surface area contributed by atoms with Gasteiger partial charge in [0.1, 0.15) is 29.7 Å². The van der Waals surface area contributed by atoms with E-state index in [4.69, 9.17) is 23.2 Å². The molecule has 4 atom stereocenters. The van der Waals surface area contributed by atoms with Crippen molar-refractivity contribution in [1.29, 1.82) is 0 Å². The molecule has 6 rings (SSSR count). The lowest BCUT2D eigenvalue weighted by Gasteiger charge is -2.23. The van der Waals surface area contributed by atoms with Gasteiger partial charge in [0.2, 0.25) is 0 Å². The van der Waals surface area contributed by atoms with Gasteiger partial charge in [0.25, 0.3) is 0 Å². The van der Waals surface area contributed by atoms with Crippen LogP contribution in [0.3, 0.4) is 0 Å². The van der Waals surface area contributed by atoms with Crippen LogP contribution in [0, 0.1) is 5.92 Å². The molecular formula is C27H36Cl5N7O2. The summed E-state index contributed by atoms with van der Waals surface area (Å²) in [5.41, 5.74) is 2.52. The third kappa shape index (κ3) is 7.33. The fraction of sp³-hybridized carbons (Fsp3) is 0.519. The van der Waals surface area contributed by atoms with Crippen LogP contribution < -0.4 is 5.32 Å². The van der Waals surface area contributed by atoms with Gasteiger partial charge in [-0.15, -0.1) is 37.2 Å².